The number of H-pyrrole nitrogens is 1. The average molecular weight is 372 g/mol. The predicted octanol–water partition coefficient (Wildman–Crippen LogP) is 1.88. The summed E-state index contributed by atoms with van der Waals surface area (Å²) < 4.78 is 46.4. The van der Waals surface area contributed by atoms with Gasteiger partial charge >= 0.3 is 11.2 Å². The topological polar surface area (TPSA) is 90.6 Å². The SMILES string of the molecule is Cn1ccc(OCc2c(SC(F)(F)F)cccc2-n2nn[nH]c2=O)n1. The van der Waals surface area contributed by atoms with Crippen LogP contribution in [0.3, 0.4) is 0 Å². The second kappa shape index (κ2) is 6.63. The predicted molar refractivity (Wildman–Crippen MR) is 81.4 cm³/mol. The first-order valence-electron chi connectivity index (χ1n) is 6.84. The third-order valence-electron chi connectivity index (χ3n) is 3.09. The van der Waals surface area contributed by atoms with Gasteiger partial charge in [-0.15, -0.1) is 5.10 Å². The summed E-state index contributed by atoms with van der Waals surface area (Å²) >= 11 is -0.294. The Morgan fingerprint density at radius 3 is 2.72 bits per heavy atom. The van der Waals surface area contributed by atoms with Crippen molar-refractivity contribution in [3.63, 3.8) is 0 Å². The molecule has 12 heteroatoms. The molecule has 0 fully saturated rings. The van der Waals surface area contributed by atoms with Gasteiger partial charge in [0.1, 0.15) is 6.61 Å². The van der Waals surface area contributed by atoms with Crippen LogP contribution >= 0.6 is 11.8 Å². The molecular weight excluding hydrogens is 361 g/mol. The number of thioether (sulfide) groups is 1. The largest absolute Gasteiger partial charge is 0.472 e. The van der Waals surface area contributed by atoms with E-state index in [0.29, 0.717) is 0 Å². The van der Waals surface area contributed by atoms with Crippen LogP contribution < -0.4 is 10.4 Å². The summed E-state index contributed by atoms with van der Waals surface area (Å²) in [6.45, 7) is -0.231. The number of nitrogens with one attached hydrogen (secondary N) is 1. The maximum absolute atomic E-state index is 12.8. The molecule has 1 N–H and O–H groups in total. The number of aromatic nitrogens is 6. The van der Waals surface area contributed by atoms with Gasteiger partial charge in [-0.05, 0) is 34.3 Å². The summed E-state index contributed by atoms with van der Waals surface area (Å²) in [5.74, 6) is 0.243. The molecule has 3 aromatic rings. The van der Waals surface area contributed by atoms with Crippen LogP contribution in [0.5, 0.6) is 5.88 Å². The first-order valence-corrected chi connectivity index (χ1v) is 7.66. The minimum atomic E-state index is -4.49. The number of benzene rings is 1. The molecule has 25 heavy (non-hydrogen) atoms. The van der Waals surface area contributed by atoms with Crippen LogP contribution in [0, 0.1) is 0 Å². The molecule has 0 saturated heterocycles. The molecule has 0 aliphatic carbocycles. The van der Waals surface area contributed by atoms with Gasteiger partial charge in [-0.2, -0.15) is 17.9 Å². The first kappa shape index (κ1) is 17.1. The van der Waals surface area contributed by atoms with E-state index >= 15 is 0 Å². The molecule has 0 unspecified atom stereocenters. The third-order valence-corrected chi connectivity index (χ3v) is 3.92. The smallest absolute Gasteiger partial charge is 0.446 e. The highest BCUT2D eigenvalue weighted by molar-refractivity contribution is 8.00. The van der Waals surface area contributed by atoms with Crippen LogP contribution in [-0.4, -0.2) is 35.5 Å². The minimum Gasteiger partial charge on any atom is -0.472 e. The van der Waals surface area contributed by atoms with E-state index in [1.807, 2.05) is 0 Å². The number of halogens is 3. The lowest BCUT2D eigenvalue weighted by Crippen LogP contribution is -2.19. The van der Waals surface area contributed by atoms with E-state index in [1.165, 1.54) is 22.9 Å². The second-order valence-electron chi connectivity index (χ2n) is 4.84. The molecule has 0 aliphatic heterocycles. The highest BCUT2D eigenvalue weighted by atomic mass is 32.2. The van der Waals surface area contributed by atoms with Gasteiger partial charge in [0.15, 0.2) is 0 Å². The van der Waals surface area contributed by atoms with E-state index in [1.54, 1.807) is 19.3 Å². The lowest BCUT2D eigenvalue weighted by Gasteiger charge is -2.14. The lowest BCUT2D eigenvalue weighted by molar-refractivity contribution is -0.0328. The van der Waals surface area contributed by atoms with Crippen molar-refractivity contribution in [2.45, 2.75) is 17.0 Å². The Balaban J connectivity index is 2.01. The molecule has 0 saturated carbocycles. The van der Waals surface area contributed by atoms with E-state index in [4.69, 9.17) is 4.74 Å². The minimum absolute atomic E-state index is 0.101. The zero-order chi connectivity index (χ0) is 18.0. The fourth-order valence-corrected chi connectivity index (χ4v) is 2.77. The van der Waals surface area contributed by atoms with Crippen molar-refractivity contribution in [2.24, 2.45) is 7.05 Å². The Hall–Kier alpha value is -2.76. The second-order valence-corrected chi connectivity index (χ2v) is 5.94. The van der Waals surface area contributed by atoms with E-state index in [0.717, 1.165) is 4.68 Å². The summed E-state index contributed by atoms with van der Waals surface area (Å²) in [5, 5.41) is 13.0. The van der Waals surface area contributed by atoms with E-state index in [9.17, 15) is 18.0 Å². The van der Waals surface area contributed by atoms with Crippen molar-refractivity contribution >= 4 is 11.8 Å². The van der Waals surface area contributed by atoms with Gasteiger partial charge in [0.2, 0.25) is 5.88 Å². The molecule has 2 heterocycles. The van der Waals surface area contributed by atoms with Gasteiger partial charge in [0, 0.05) is 29.8 Å². The molecule has 0 atom stereocenters. The fraction of sp³-hybridized carbons (Fsp3) is 0.231. The summed E-state index contributed by atoms with van der Waals surface area (Å²) in [4.78, 5) is 11.6. The first-order chi connectivity index (χ1) is 11.8. The normalized spacial score (nSPS) is 11.7. The van der Waals surface area contributed by atoms with Gasteiger partial charge < -0.3 is 4.74 Å². The Bertz CT molecular complexity index is 932. The number of hydrogen-bond donors (Lipinski definition) is 1. The zero-order valence-corrected chi connectivity index (χ0v) is 13.5. The maximum Gasteiger partial charge on any atom is 0.446 e. The number of rotatable bonds is 5. The highest BCUT2D eigenvalue weighted by Gasteiger charge is 2.31. The molecule has 1 aromatic carbocycles. The number of nitrogens with zero attached hydrogens (tertiary/aromatic N) is 5. The highest BCUT2D eigenvalue weighted by Crippen LogP contribution is 2.40. The molecule has 0 amide bonds. The summed E-state index contributed by atoms with van der Waals surface area (Å²) in [5.41, 5.74) is -4.88. The Morgan fingerprint density at radius 1 is 1.32 bits per heavy atom. The number of alkyl halides is 3. The molecule has 0 aliphatic rings. The molecule has 8 nitrogen and oxygen atoms in total. The summed E-state index contributed by atoms with van der Waals surface area (Å²) in [6, 6.07) is 5.72. The van der Waals surface area contributed by atoms with Crippen molar-refractivity contribution in [1.82, 2.24) is 30.0 Å². The number of hydrogen-bond acceptors (Lipinski definition) is 6. The van der Waals surface area contributed by atoms with Crippen molar-refractivity contribution < 1.29 is 17.9 Å². The van der Waals surface area contributed by atoms with E-state index in [-0.39, 0.29) is 40.4 Å². The monoisotopic (exact) mass is 372 g/mol. The van der Waals surface area contributed by atoms with Gasteiger partial charge in [0.25, 0.3) is 0 Å². The Kier molecular flexibility index (Phi) is 4.53. The number of ether oxygens (including phenoxy) is 1. The van der Waals surface area contributed by atoms with E-state index < -0.39 is 11.2 Å². The number of aryl methyl sites for hydroxylation is 1. The average Bonchev–Trinajstić information content (AvgIpc) is 3.12. The van der Waals surface area contributed by atoms with Crippen LogP contribution in [0.15, 0.2) is 40.2 Å². The maximum atomic E-state index is 12.8. The molecule has 0 radical (unpaired) electrons. The van der Waals surface area contributed by atoms with Crippen LogP contribution in [0.25, 0.3) is 5.69 Å². The van der Waals surface area contributed by atoms with Crippen LogP contribution in [0.2, 0.25) is 0 Å². The molecule has 0 spiro atoms. The Morgan fingerprint density at radius 2 is 2.12 bits per heavy atom. The third kappa shape index (κ3) is 4.02. The van der Waals surface area contributed by atoms with Crippen molar-refractivity contribution in [1.29, 1.82) is 0 Å². The number of tetrazole rings is 1. The zero-order valence-electron chi connectivity index (χ0n) is 12.7. The molecular formula is C13H11F3N6O2S. The summed E-state index contributed by atoms with van der Waals surface area (Å²) in [7, 11) is 1.68. The Labute approximate surface area is 142 Å². The fourth-order valence-electron chi connectivity index (χ4n) is 2.09. The van der Waals surface area contributed by atoms with Gasteiger partial charge in [-0.25, -0.2) is 9.89 Å². The van der Waals surface area contributed by atoms with Crippen LogP contribution in [-0.2, 0) is 13.7 Å². The quantitative estimate of drug-likeness (QED) is 0.688. The van der Waals surface area contributed by atoms with Crippen molar-refractivity contribution in [3.05, 3.63) is 46.5 Å². The standard InChI is InChI=1S/C13H11F3N6O2S/c1-21-6-5-11(18-21)24-7-8-9(22-12(23)17-19-20-22)3-2-4-10(8)25-13(14,15)16/h2-6H,7H2,1H3,(H,17,20,23). The summed E-state index contributed by atoms with van der Waals surface area (Å²) in [6.07, 6.45) is 1.63. The van der Waals surface area contributed by atoms with Crippen LogP contribution in [0.4, 0.5) is 13.2 Å². The van der Waals surface area contributed by atoms with Gasteiger partial charge in [0.05, 0.1) is 5.69 Å². The molecule has 2 aromatic heterocycles. The van der Waals surface area contributed by atoms with Crippen molar-refractivity contribution in [3.8, 4) is 11.6 Å². The van der Waals surface area contributed by atoms with Crippen molar-refractivity contribution in [2.75, 3.05) is 0 Å². The van der Waals surface area contributed by atoms with Gasteiger partial charge in [-0.3, -0.25) is 4.68 Å². The molecule has 3 rings (SSSR count). The van der Waals surface area contributed by atoms with Crippen LogP contribution in [0.1, 0.15) is 5.56 Å². The lowest BCUT2D eigenvalue weighted by atomic mass is 10.2. The number of aromatic amines is 1. The molecule has 0 bridgehead atoms. The van der Waals surface area contributed by atoms with E-state index in [2.05, 4.69) is 20.6 Å². The van der Waals surface area contributed by atoms with Gasteiger partial charge in [-0.1, -0.05) is 6.07 Å². The molecule has 132 valence electrons.